The lowest BCUT2D eigenvalue weighted by atomic mass is 9.98. The summed E-state index contributed by atoms with van der Waals surface area (Å²) in [5.74, 6) is -0.764. The zero-order valence-corrected chi connectivity index (χ0v) is 12.8. The molecule has 1 N–H and O–H groups in total. The minimum atomic E-state index is -0.859. The van der Waals surface area contributed by atoms with Crippen molar-refractivity contribution < 1.29 is 9.90 Å². The van der Waals surface area contributed by atoms with E-state index in [-0.39, 0.29) is 0 Å². The summed E-state index contributed by atoms with van der Waals surface area (Å²) in [5, 5.41) is 12.1. The number of hydrogen-bond acceptors (Lipinski definition) is 5. The highest BCUT2D eigenvalue weighted by atomic mass is 32.1. The van der Waals surface area contributed by atoms with Gasteiger partial charge in [-0.05, 0) is 27.7 Å². The van der Waals surface area contributed by atoms with E-state index >= 15 is 0 Å². The van der Waals surface area contributed by atoms with Gasteiger partial charge in [0.2, 0.25) is 0 Å². The molecule has 0 radical (unpaired) electrons. The van der Waals surface area contributed by atoms with Gasteiger partial charge in [0.05, 0.1) is 23.0 Å². The molecule has 2 heterocycles. The third-order valence-electron chi connectivity index (χ3n) is 3.18. The van der Waals surface area contributed by atoms with Crippen molar-refractivity contribution in [3.8, 4) is 0 Å². The minimum absolute atomic E-state index is 0.577. The van der Waals surface area contributed by atoms with Crippen LogP contribution in [-0.4, -0.2) is 26.0 Å². The van der Waals surface area contributed by atoms with Gasteiger partial charge in [-0.1, -0.05) is 0 Å². The van der Waals surface area contributed by atoms with E-state index in [1.165, 1.54) is 0 Å². The highest BCUT2D eigenvalue weighted by Gasteiger charge is 2.20. The van der Waals surface area contributed by atoms with Crippen LogP contribution in [0.15, 0.2) is 5.38 Å². The van der Waals surface area contributed by atoms with E-state index < -0.39 is 11.9 Å². The Morgan fingerprint density at radius 1 is 1.25 bits per heavy atom. The maximum absolute atomic E-state index is 11.1. The number of thiazole rings is 1. The Kier molecular flexibility index (Phi) is 4.13. The van der Waals surface area contributed by atoms with Crippen LogP contribution in [0.25, 0.3) is 0 Å². The fraction of sp³-hybridized carbons (Fsp3) is 0.429. The Morgan fingerprint density at radius 2 is 1.85 bits per heavy atom. The fourth-order valence-corrected chi connectivity index (χ4v) is 2.89. The molecule has 0 fully saturated rings. The lowest BCUT2D eigenvalue weighted by Gasteiger charge is -2.13. The molecule has 0 bridgehead atoms. The highest BCUT2D eigenvalue weighted by molar-refractivity contribution is 7.09. The Hall–Kier alpha value is -1.82. The van der Waals surface area contributed by atoms with Gasteiger partial charge < -0.3 is 5.11 Å². The first-order chi connectivity index (χ1) is 9.38. The van der Waals surface area contributed by atoms with E-state index in [1.54, 1.807) is 18.3 Å². The molecule has 1 atom stereocenters. The first kappa shape index (κ1) is 14.6. The second-order valence-corrected chi connectivity index (χ2v) is 5.88. The van der Waals surface area contributed by atoms with Crippen LogP contribution in [0, 0.1) is 20.8 Å². The number of aryl methyl sites for hydroxylation is 3. The summed E-state index contributed by atoms with van der Waals surface area (Å²) in [4.78, 5) is 24.4. The lowest BCUT2D eigenvalue weighted by molar-refractivity contribution is -0.138. The lowest BCUT2D eigenvalue weighted by Crippen LogP contribution is -2.14. The zero-order chi connectivity index (χ0) is 14.9. The molecular weight excluding hydrogens is 274 g/mol. The van der Waals surface area contributed by atoms with Crippen LogP contribution in [0.4, 0.5) is 0 Å². The largest absolute Gasteiger partial charge is 0.481 e. The van der Waals surface area contributed by atoms with Crippen molar-refractivity contribution in [1.29, 1.82) is 0 Å². The van der Waals surface area contributed by atoms with Crippen LogP contribution >= 0.6 is 11.3 Å². The molecule has 0 amide bonds. The molecule has 2 aromatic rings. The van der Waals surface area contributed by atoms with Crippen molar-refractivity contribution in [3.63, 3.8) is 0 Å². The summed E-state index contributed by atoms with van der Waals surface area (Å²) < 4.78 is 0. The standard InChI is InChI=1S/C14H17N3O2S/c1-7(14(18)19)13-8(2)15-12(16-9(13)3)5-11-6-20-10(4)17-11/h6-7H,5H2,1-4H3,(H,18,19). The van der Waals surface area contributed by atoms with Crippen molar-refractivity contribution in [2.45, 2.75) is 40.0 Å². The second-order valence-electron chi connectivity index (χ2n) is 4.82. The predicted molar refractivity (Wildman–Crippen MR) is 77.2 cm³/mol. The number of aliphatic carboxylic acids is 1. The monoisotopic (exact) mass is 291 g/mol. The second kappa shape index (κ2) is 5.66. The van der Waals surface area contributed by atoms with Gasteiger partial charge in [-0.15, -0.1) is 11.3 Å². The van der Waals surface area contributed by atoms with E-state index in [0.29, 0.717) is 17.8 Å². The molecule has 106 valence electrons. The number of hydrogen-bond donors (Lipinski definition) is 1. The van der Waals surface area contributed by atoms with Gasteiger partial charge >= 0.3 is 5.97 Å². The van der Waals surface area contributed by atoms with Crippen LogP contribution in [-0.2, 0) is 11.2 Å². The molecular formula is C14H17N3O2S. The van der Waals surface area contributed by atoms with Gasteiger partial charge in [0.1, 0.15) is 5.82 Å². The third kappa shape index (κ3) is 3.01. The molecule has 2 aromatic heterocycles. The number of carbonyl (C=O) groups is 1. The quantitative estimate of drug-likeness (QED) is 0.937. The first-order valence-corrected chi connectivity index (χ1v) is 7.24. The summed E-state index contributed by atoms with van der Waals surface area (Å²) in [6.45, 7) is 7.28. The molecule has 2 rings (SSSR count). The number of carboxylic acid groups (broad SMARTS) is 1. The third-order valence-corrected chi connectivity index (χ3v) is 4.00. The molecule has 0 saturated carbocycles. The number of carboxylic acids is 1. The van der Waals surface area contributed by atoms with Gasteiger partial charge in [-0.3, -0.25) is 4.79 Å². The molecule has 0 spiro atoms. The molecule has 0 aromatic carbocycles. The molecule has 0 aliphatic rings. The minimum Gasteiger partial charge on any atom is -0.481 e. The van der Waals surface area contributed by atoms with Crippen LogP contribution < -0.4 is 0 Å². The summed E-state index contributed by atoms with van der Waals surface area (Å²) in [6, 6.07) is 0. The Balaban J connectivity index is 2.32. The summed E-state index contributed by atoms with van der Waals surface area (Å²) in [7, 11) is 0. The van der Waals surface area contributed by atoms with Crippen molar-refractivity contribution in [2.75, 3.05) is 0 Å². The van der Waals surface area contributed by atoms with Crippen molar-refractivity contribution in [1.82, 2.24) is 15.0 Å². The molecule has 0 aliphatic carbocycles. The van der Waals surface area contributed by atoms with Gasteiger partial charge in [-0.25, -0.2) is 15.0 Å². The smallest absolute Gasteiger partial charge is 0.310 e. The van der Waals surface area contributed by atoms with Crippen LogP contribution in [0.1, 0.15) is 46.3 Å². The molecule has 6 heteroatoms. The first-order valence-electron chi connectivity index (χ1n) is 6.36. The fourth-order valence-electron chi connectivity index (χ4n) is 2.28. The maximum Gasteiger partial charge on any atom is 0.310 e. The van der Waals surface area contributed by atoms with Crippen molar-refractivity contribution in [2.24, 2.45) is 0 Å². The molecule has 0 saturated heterocycles. The summed E-state index contributed by atoms with van der Waals surface area (Å²) in [5.41, 5.74) is 3.12. The van der Waals surface area contributed by atoms with Crippen LogP contribution in [0.3, 0.4) is 0 Å². The van der Waals surface area contributed by atoms with Crippen LogP contribution in [0.2, 0.25) is 0 Å². The van der Waals surface area contributed by atoms with Gasteiger partial charge in [0.15, 0.2) is 0 Å². The zero-order valence-electron chi connectivity index (χ0n) is 12.0. The van der Waals surface area contributed by atoms with E-state index in [4.69, 9.17) is 5.11 Å². The predicted octanol–water partition coefficient (Wildman–Crippen LogP) is 2.64. The van der Waals surface area contributed by atoms with E-state index in [9.17, 15) is 4.79 Å². The SMILES string of the molecule is Cc1nc(Cc2nc(C)c(C(C)C(=O)O)c(C)n2)cs1. The average Bonchev–Trinajstić information content (AvgIpc) is 2.73. The Morgan fingerprint density at radius 3 is 2.30 bits per heavy atom. The molecule has 5 nitrogen and oxygen atoms in total. The van der Waals surface area contributed by atoms with Crippen LogP contribution in [0.5, 0.6) is 0 Å². The highest BCUT2D eigenvalue weighted by Crippen LogP contribution is 2.22. The molecule has 20 heavy (non-hydrogen) atoms. The van der Waals surface area contributed by atoms with E-state index in [2.05, 4.69) is 15.0 Å². The molecule has 1 unspecified atom stereocenters. The molecule has 0 aliphatic heterocycles. The normalized spacial score (nSPS) is 12.4. The van der Waals surface area contributed by atoms with Crippen molar-refractivity contribution in [3.05, 3.63) is 38.9 Å². The number of aromatic nitrogens is 3. The summed E-state index contributed by atoms with van der Waals surface area (Å²) >= 11 is 1.60. The Bertz CT molecular complexity index is 629. The topological polar surface area (TPSA) is 76.0 Å². The Labute approximate surface area is 121 Å². The van der Waals surface area contributed by atoms with Gasteiger partial charge in [0, 0.05) is 22.3 Å². The van der Waals surface area contributed by atoms with E-state index in [0.717, 1.165) is 22.1 Å². The average molecular weight is 291 g/mol. The van der Waals surface area contributed by atoms with E-state index in [1.807, 2.05) is 26.2 Å². The van der Waals surface area contributed by atoms with Crippen molar-refractivity contribution >= 4 is 17.3 Å². The van der Waals surface area contributed by atoms with Gasteiger partial charge in [-0.2, -0.15) is 0 Å². The van der Waals surface area contributed by atoms with Gasteiger partial charge in [0.25, 0.3) is 0 Å². The number of nitrogens with zero attached hydrogens (tertiary/aromatic N) is 3. The summed E-state index contributed by atoms with van der Waals surface area (Å²) in [6.07, 6.45) is 0.577. The maximum atomic E-state index is 11.1. The number of rotatable bonds is 4.